The minimum absolute atomic E-state index is 0.00959. The molecule has 1 aromatic heterocycles. The summed E-state index contributed by atoms with van der Waals surface area (Å²) in [5.74, 6) is -1.41. The largest absolute Gasteiger partial charge is 0.477 e. The van der Waals surface area contributed by atoms with Crippen molar-refractivity contribution in [1.29, 1.82) is 0 Å². The Labute approximate surface area is 114 Å². The van der Waals surface area contributed by atoms with Crippen LogP contribution in [0.25, 0.3) is 0 Å². The van der Waals surface area contributed by atoms with Gasteiger partial charge in [-0.3, -0.25) is 4.79 Å². The van der Waals surface area contributed by atoms with E-state index in [1.54, 1.807) is 23.3 Å². The molecule has 2 atom stereocenters. The molecule has 0 radical (unpaired) electrons. The normalized spacial score (nSPS) is 19.5. The Hall–Kier alpha value is -1.89. The predicted molar refractivity (Wildman–Crippen MR) is 70.1 cm³/mol. The van der Waals surface area contributed by atoms with E-state index in [9.17, 15) is 9.59 Å². The summed E-state index contributed by atoms with van der Waals surface area (Å²) < 4.78 is 0. The van der Waals surface area contributed by atoms with E-state index in [0.717, 1.165) is 4.88 Å². The summed E-state index contributed by atoms with van der Waals surface area (Å²) in [6.07, 6.45) is -0.825. The van der Waals surface area contributed by atoms with Gasteiger partial charge in [-0.25, -0.2) is 4.79 Å². The van der Waals surface area contributed by atoms with E-state index in [1.165, 1.54) is 0 Å². The third-order valence-corrected chi connectivity index (χ3v) is 4.12. The summed E-state index contributed by atoms with van der Waals surface area (Å²) in [6.45, 7) is 1.91. The van der Waals surface area contributed by atoms with Crippen molar-refractivity contribution in [2.75, 3.05) is 7.05 Å². The summed E-state index contributed by atoms with van der Waals surface area (Å²) in [5, 5.41) is 14.1. The summed E-state index contributed by atoms with van der Waals surface area (Å²) in [5.41, 5.74) is -0.115. The molecule has 0 saturated carbocycles. The van der Waals surface area contributed by atoms with Crippen molar-refractivity contribution >= 4 is 28.9 Å². The first kappa shape index (κ1) is 13.5. The molecular weight excluding hydrogens is 268 g/mol. The van der Waals surface area contributed by atoms with Crippen LogP contribution >= 0.6 is 11.3 Å². The van der Waals surface area contributed by atoms with Gasteiger partial charge in [0, 0.05) is 18.3 Å². The fraction of sp³-hybridized carbons (Fsp3) is 0.417. The average Bonchev–Trinajstić information content (AvgIpc) is 3.06. The molecule has 0 spiro atoms. The minimum Gasteiger partial charge on any atom is -0.477 e. The highest BCUT2D eigenvalue weighted by atomic mass is 32.1. The molecule has 19 heavy (non-hydrogen) atoms. The van der Waals surface area contributed by atoms with Crippen LogP contribution in [-0.2, 0) is 14.4 Å². The molecule has 2 rings (SSSR count). The molecule has 2 unspecified atom stereocenters. The van der Waals surface area contributed by atoms with E-state index in [4.69, 9.17) is 9.94 Å². The van der Waals surface area contributed by atoms with Gasteiger partial charge in [-0.2, -0.15) is 0 Å². The van der Waals surface area contributed by atoms with Crippen molar-refractivity contribution in [2.45, 2.75) is 25.5 Å². The molecule has 1 aliphatic heterocycles. The first-order chi connectivity index (χ1) is 9.00. The molecule has 6 nitrogen and oxygen atoms in total. The molecule has 1 aliphatic rings. The van der Waals surface area contributed by atoms with Crippen LogP contribution in [0, 0.1) is 0 Å². The number of amides is 1. The molecule has 1 amide bonds. The van der Waals surface area contributed by atoms with E-state index in [-0.39, 0.29) is 24.1 Å². The number of hydrogen-bond acceptors (Lipinski definition) is 5. The van der Waals surface area contributed by atoms with Crippen molar-refractivity contribution < 1.29 is 19.5 Å². The van der Waals surface area contributed by atoms with Crippen LogP contribution < -0.4 is 0 Å². The average molecular weight is 282 g/mol. The van der Waals surface area contributed by atoms with Gasteiger partial charge in [-0.1, -0.05) is 11.2 Å². The highest BCUT2D eigenvalue weighted by molar-refractivity contribution is 7.10. The molecule has 0 aliphatic carbocycles. The SMILES string of the molecule is CC(c1cccs1)N(C)C(=O)C1CC(C(=O)O)=NO1. The third kappa shape index (κ3) is 2.76. The molecule has 0 fully saturated rings. The third-order valence-electron chi connectivity index (χ3n) is 3.07. The maximum atomic E-state index is 12.2. The lowest BCUT2D eigenvalue weighted by atomic mass is 10.1. The van der Waals surface area contributed by atoms with E-state index in [1.807, 2.05) is 24.4 Å². The molecule has 0 aromatic carbocycles. The zero-order valence-corrected chi connectivity index (χ0v) is 11.4. The number of thiophene rings is 1. The molecule has 1 aromatic rings. The smallest absolute Gasteiger partial charge is 0.353 e. The Morgan fingerprint density at radius 3 is 2.89 bits per heavy atom. The molecule has 0 bridgehead atoms. The van der Waals surface area contributed by atoms with Gasteiger partial charge in [0.2, 0.25) is 6.10 Å². The highest BCUT2D eigenvalue weighted by Crippen LogP contribution is 2.25. The van der Waals surface area contributed by atoms with Crippen molar-refractivity contribution in [2.24, 2.45) is 5.16 Å². The summed E-state index contributed by atoms with van der Waals surface area (Å²) in [4.78, 5) is 30.4. The van der Waals surface area contributed by atoms with E-state index in [0.29, 0.717) is 0 Å². The van der Waals surface area contributed by atoms with Gasteiger partial charge in [0.1, 0.15) is 0 Å². The van der Waals surface area contributed by atoms with Crippen LogP contribution in [0.2, 0.25) is 0 Å². The van der Waals surface area contributed by atoms with E-state index in [2.05, 4.69) is 5.16 Å². The molecule has 1 N–H and O–H groups in total. The van der Waals surface area contributed by atoms with Crippen LogP contribution in [0.4, 0.5) is 0 Å². The zero-order chi connectivity index (χ0) is 14.0. The Morgan fingerprint density at radius 1 is 1.63 bits per heavy atom. The van der Waals surface area contributed by atoms with Gasteiger partial charge in [-0.15, -0.1) is 11.3 Å². The maximum absolute atomic E-state index is 12.2. The van der Waals surface area contributed by atoms with Gasteiger partial charge >= 0.3 is 5.97 Å². The molecule has 7 heteroatoms. The van der Waals surface area contributed by atoms with Gasteiger partial charge in [0.15, 0.2) is 5.71 Å². The van der Waals surface area contributed by atoms with Crippen LogP contribution in [0.15, 0.2) is 22.7 Å². The Bertz CT molecular complexity index is 512. The zero-order valence-electron chi connectivity index (χ0n) is 10.6. The quantitative estimate of drug-likeness (QED) is 0.907. The van der Waals surface area contributed by atoms with Gasteiger partial charge < -0.3 is 14.8 Å². The number of rotatable bonds is 4. The number of likely N-dealkylation sites (N-methyl/N-ethyl adjacent to an activating group) is 1. The fourth-order valence-electron chi connectivity index (χ4n) is 1.77. The maximum Gasteiger partial charge on any atom is 0.353 e. The number of carboxylic acids is 1. The lowest BCUT2D eigenvalue weighted by Crippen LogP contribution is -2.38. The van der Waals surface area contributed by atoms with Crippen molar-refractivity contribution in [3.05, 3.63) is 22.4 Å². The van der Waals surface area contributed by atoms with Crippen LogP contribution in [0.5, 0.6) is 0 Å². The van der Waals surface area contributed by atoms with Crippen molar-refractivity contribution in [3.63, 3.8) is 0 Å². The molecule has 102 valence electrons. The Balaban J connectivity index is 1.99. The number of oxime groups is 1. The first-order valence-corrected chi connectivity index (χ1v) is 6.64. The lowest BCUT2D eigenvalue weighted by molar-refractivity contribution is -0.142. The van der Waals surface area contributed by atoms with E-state index < -0.39 is 12.1 Å². The monoisotopic (exact) mass is 282 g/mol. The second kappa shape index (κ2) is 5.40. The van der Waals surface area contributed by atoms with Gasteiger partial charge in [0.25, 0.3) is 5.91 Å². The number of aliphatic carboxylic acids is 1. The summed E-state index contributed by atoms with van der Waals surface area (Å²) in [7, 11) is 1.68. The number of carboxylic acid groups (broad SMARTS) is 1. The van der Waals surface area contributed by atoms with Crippen LogP contribution in [0.3, 0.4) is 0 Å². The van der Waals surface area contributed by atoms with Crippen molar-refractivity contribution in [1.82, 2.24) is 4.90 Å². The topological polar surface area (TPSA) is 79.2 Å². The number of hydrogen-bond donors (Lipinski definition) is 1. The van der Waals surface area contributed by atoms with Gasteiger partial charge in [0.05, 0.1) is 6.04 Å². The molecule has 0 saturated heterocycles. The fourth-order valence-corrected chi connectivity index (χ4v) is 2.60. The standard InChI is InChI=1S/C12H14N2O4S/c1-7(10-4-3-5-19-10)14(2)11(15)9-6-8(12(16)17)13-18-9/h3-5,7,9H,6H2,1-2H3,(H,16,17). The minimum atomic E-state index is -1.15. The first-order valence-electron chi connectivity index (χ1n) is 5.76. The number of carbonyl (C=O) groups excluding carboxylic acids is 1. The Morgan fingerprint density at radius 2 is 2.37 bits per heavy atom. The molecular formula is C12H14N2O4S. The number of nitrogens with zero attached hydrogens (tertiary/aromatic N) is 2. The highest BCUT2D eigenvalue weighted by Gasteiger charge is 2.34. The van der Waals surface area contributed by atoms with E-state index >= 15 is 0 Å². The van der Waals surface area contributed by atoms with Gasteiger partial charge in [-0.05, 0) is 18.4 Å². The second-order valence-electron chi connectivity index (χ2n) is 4.28. The van der Waals surface area contributed by atoms with Crippen LogP contribution in [0.1, 0.15) is 24.3 Å². The summed E-state index contributed by atoms with van der Waals surface area (Å²) >= 11 is 1.57. The predicted octanol–water partition coefficient (Wildman–Crippen LogP) is 1.50. The van der Waals surface area contributed by atoms with Crippen LogP contribution in [-0.4, -0.2) is 40.7 Å². The Kier molecular flexibility index (Phi) is 3.84. The lowest BCUT2D eigenvalue weighted by Gasteiger charge is -2.25. The summed E-state index contributed by atoms with van der Waals surface area (Å²) in [6, 6.07) is 3.80. The molecule has 2 heterocycles. The number of carbonyl (C=O) groups is 2. The van der Waals surface area contributed by atoms with Crippen molar-refractivity contribution in [3.8, 4) is 0 Å². The second-order valence-corrected chi connectivity index (χ2v) is 5.26.